The largest absolute Gasteiger partial charge is 0.464 e. The molecule has 0 aliphatic heterocycles. The Kier molecular flexibility index (Phi) is 6.12. The fourth-order valence-electron chi connectivity index (χ4n) is 8.62. The third-order valence-electron chi connectivity index (χ3n) is 10.1. The lowest BCUT2D eigenvalue weighted by Crippen LogP contribution is -2.52. The Morgan fingerprint density at radius 2 is 1.79 bits per heavy atom. The Labute approximate surface area is 172 Å². The number of rotatable bonds is 6. The minimum atomic E-state index is -0.0580. The van der Waals surface area contributed by atoms with E-state index in [-0.39, 0.29) is 5.97 Å². The van der Waals surface area contributed by atoms with Crippen molar-refractivity contribution in [3.63, 3.8) is 0 Å². The maximum atomic E-state index is 11.8. The van der Waals surface area contributed by atoms with Gasteiger partial charge in [0.15, 0.2) is 0 Å². The predicted octanol–water partition coefficient (Wildman–Crippen LogP) is 5.71. The van der Waals surface area contributed by atoms with Gasteiger partial charge in [0.2, 0.25) is 0 Å². The molecule has 0 aromatic rings. The molecule has 28 heavy (non-hydrogen) atoms. The van der Waals surface area contributed by atoms with Crippen molar-refractivity contribution < 1.29 is 9.53 Å². The summed E-state index contributed by atoms with van der Waals surface area (Å²) in [6.45, 7) is 6.09. The number of ether oxygens (including phenoxy) is 1. The molecule has 0 amide bonds. The van der Waals surface area contributed by atoms with Crippen LogP contribution in [-0.2, 0) is 9.53 Å². The standard InChI is InChI=1S/C25H43NO2/c1-24-14-4-3-6-18(24)9-11-20-21-12-10-19(25(21,2)15-13-22(20)24)7-5-8-23(27)28-17-16-26/h18-22H,3-17,26H2,1-2H3. The molecule has 160 valence electrons. The first-order valence-electron chi connectivity index (χ1n) is 12.3. The van der Waals surface area contributed by atoms with Gasteiger partial charge in [0.25, 0.3) is 0 Å². The summed E-state index contributed by atoms with van der Waals surface area (Å²) < 4.78 is 5.16. The van der Waals surface area contributed by atoms with E-state index in [9.17, 15) is 4.79 Å². The van der Waals surface area contributed by atoms with Crippen LogP contribution in [0.4, 0.5) is 0 Å². The Morgan fingerprint density at radius 1 is 0.964 bits per heavy atom. The fourth-order valence-corrected chi connectivity index (χ4v) is 8.62. The molecule has 0 heterocycles. The molecule has 3 nitrogen and oxygen atoms in total. The highest BCUT2D eigenvalue weighted by molar-refractivity contribution is 5.69. The lowest BCUT2D eigenvalue weighted by molar-refractivity contribution is -0.143. The van der Waals surface area contributed by atoms with E-state index >= 15 is 0 Å². The molecule has 4 aliphatic rings. The topological polar surface area (TPSA) is 52.3 Å². The number of fused-ring (bicyclic) bond motifs is 5. The van der Waals surface area contributed by atoms with Crippen molar-refractivity contribution in [1.29, 1.82) is 0 Å². The van der Waals surface area contributed by atoms with Crippen LogP contribution < -0.4 is 5.73 Å². The summed E-state index contributed by atoms with van der Waals surface area (Å²) in [5.41, 5.74) is 6.60. The summed E-state index contributed by atoms with van der Waals surface area (Å²) in [6, 6.07) is 0. The van der Waals surface area contributed by atoms with Gasteiger partial charge in [0.1, 0.15) is 6.61 Å². The molecule has 7 unspecified atom stereocenters. The molecule has 4 fully saturated rings. The van der Waals surface area contributed by atoms with Crippen LogP contribution in [0.25, 0.3) is 0 Å². The second-order valence-electron chi connectivity index (χ2n) is 11.1. The summed E-state index contributed by atoms with van der Waals surface area (Å²) in [4.78, 5) is 11.8. The minimum Gasteiger partial charge on any atom is -0.464 e. The molecular weight excluding hydrogens is 346 g/mol. The van der Waals surface area contributed by atoms with Gasteiger partial charge in [-0.2, -0.15) is 0 Å². The van der Waals surface area contributed by atoms with E-state index < -0.39 is 0 Å². The molecule has 7 atom stereocenters. The first-order valence-corrected chi connectivity index (χ1v) is 12.3. The van der Waals surface area contributed by atoms with Gasteiger partial charge < -0.3 is 10.5 Å². The van der Waals surface area contributed by atoms with Crippen LogP contribution in [0.5, 0.6) is 0 Å². The molecule has 4 aliphatic carbocycles. The highest BCUT2D eigenvalue weighted by Gasteiger charge is 2.59. The molecule has 2 N–H and O–H groups in total. The quantitative estimate of drug-likeness (QED) is 0.592. The van der Waals surface area contributed by atoms with Gasteiger partial charge in [-0.1, -0.05) is 26.7 Å². The van der Waals surface area contributed by atoms with E-state index in [4.69, 9.17) is 10.5 Å². The fraction of sp³-hybridized carbons (Fsp3) is 0.960. The molecule has 0 radical (unpaired) electrons. The average Bonchev–Trinajstić information content (AvgIpc) is 3.02. The number of carbonyl (C=O) groups is 1. The normalized spacial score (nSPS) is 45.0. The highest BCUT2D eigenvalue weighted by atomic mass is 16.5. The lowest BCUT2D eigenvalue weighted by Gasteiger charge is -2.60. The third-order valence-corrected chi connectivity index (χ3v) is 10.1. The molecule has 0 spiro atoms. The third kappa shape index (κ3) is 3.55. The monoisotopic (exact) mass is 389 g/mol. The lowest BCUT2D eigenvalue weighted by atomic mass is 9.45. The van der Waals surface area contributed by atoms with Crippen LogP contribution in [0.2, 0.25) is 0 Å². The second kappa shape index (κ2) is 8.28. The molecule has 3 heteroatoms. The van der Waals surface area contributed by atoms with Gasteiger partial charge in [0.05, 0.1) is 0 Å². The number of hydrogen-bond donors (Lipinski definition) is 1. The van der Waals surface area contributed by atoms with E-state index in [1.165, 1.54) is 70.6 Å². The molecule has 0 aromatic heterocycles. The maximum absolute atomic E-state index is 11.8. The number of hydrogen-bond acceptors (Lipinski definition) is 3. The van der Waals surface area contributed by atoms with Crippen LogP contribution in [0, 0.1) is 40.4 Å². The van der Waals surface area contributed by atoms with Gasteiger partial charge in [-0.3, -0.25) is 4.79 Å². The van der Waals surface area contributed by atoms with Crippen molar-refractivity contribution in [2.24, 2.45) is 46.2 Å². The van der Waals surface area contributed by atoms with Gasteiger partial charge >= 0.3 is 5.97 Å². The van der Waals surface area contributed by atoms with E-state index in [0.717, 1.165) is 36.0 Å². The van der Waals surface area contributed by atoms with Gasteiger partial charge in [0, 0.05) is 13.0 Å². The van der Waals surface area contributed by atoms with Gasteiger partial charge in [-0.25, -0.2) is 0 Å². The van der Waals surface area contributed by atoms with E-state index in [1.54, 1.807) is 0 Å². The first kappa shape index (κ1) is 20.7. The number of carbonyl (C=O) groups excluding carboxylic acids is 1. The molecule has 0 bridgehead atoms. The number of nitrogens with two attached hydrogens (primary N) is 1. The van der Waals surface area contributed by atoms with Crippen molar-refractivity contribution in [3.05, 3.63) is 0 Å². The van der Waals surface area contributed by atoms with Crippen LogP contribution in [0.3, 0.4) is 0 Å². The number of esters is 1. The summed E-state index contributed by atoms with van der Waals surface area (Å²) in [5.74, 6) is 4.70. The van der Waals surface area contributed by atoms with E-state index in [1.807, 2.05) is 0 Å². The first-order chi connectivity index (χ1) is 13.5. The summed E-state index contributed by atoms with van der Waals surface area (Å²) in [7, 11) is 0. The van der Waals surface area contributed by atoms with Crippen molar-refractivity contribution in [2.75, 3.05) is 13.2 Å². The molecule has 0 aromatic carbocycles. The van der Waals surface area contributed by atoms with Crippen molar-refractivity contribution in [1.82, 2.24) is 0 Å². The zero-order valence-electron chi connectivity index (χ0n) is 18.4. The Balaban J connectivity index is 1.37. The maximum Gasteiger partial charge on any atom is 0.305 e. The van der Waals surface area contributed by atoms with Crippen LogP contribution in [-0.4, -0.2) is 19.1 Å². The zero-order chi connectivity index (χ0) is 19.8. The Bertz CT molecular complexity index is 563. The second-order valence-corrected chi connectivity index (χ2v) is 11.1. The SMILES string of the molecule is CC12CCCCC1CCC1C2CCC2(C)C(CCCC(=O)OCCN)CCC12. The summed E-state index contributed by atoms with van der Waals surface area (Å²) in [5, 5.41) is 0. The molecular formula is C25H43NO2. The summed E-state index contributed by atoms with van der Waals surface area (Å²) >= 11 is 0. The van der Waals surface area contributed by atoms with Crippen LogP contribution >= 0.6 is 0 Å². The van der Waals surface area contributed by atoms with Crippen molar-refractivity contribution in [3.8, 4) is 0 Å². The highest BCUT2D eigenvalue weighted by Crippen LogP contribution is 2.67. The molecule has 4 saturated carbocycles. The van der Waals surface area contributed by atoms with Gasteiger partial charge in [-0.05, 0) is 105 Å². The Hall–Kier alpha value is -0.570. The van der Waals surface area contributed by atoms with E-state index in [0.29, 0.717) is 30.4 Å². The summed E-state index contributed by atoms with van der Waals surface area (Å²) in [6.07, 6.45) is 17.5. The zero-order valence-corrected chi connectivity index (χ0v) is 18.4. The predicted molar refractivity (Wildman–Crippen MR) is 114 cm³/mol. The molecule has 0 saturated heterocycles. The van der Waals surface area contributed by atoms with Crippen molar-refractivity contribution in [2.45, 2.75) is 97.3 Å². The van der Waals surface area contributed by atoms with Crippen molar-refractivity contribution >= 4 is 5.97 Å². The smallest absolute Gasteiger partial charge is 0.305 e. The average molecular weight is 390 g/mol. The van der Waals surface area contributed by atoms with Crippen LogP contribution in [0.15, 0.2) is 0 Å². The van der Waals surface area contributed by atoms with E-state index in [2.05, 4.69) is 13.8 Å². The van der Waals surface area contributed by atoms with Crippen LogP contribution in [0.1, 0.15) is 97.3 Å². The Morgan fingerprint density at radius 3 is 2.61 bits per heavy atom. The van der Waals surface area contributed by atoms with Gasteiger partial charge in [-0.15, -0.1) is 0 Å². The minimum absolute atomic E-state index is 0.0580. The molecule has 4 rings (SSSR count).